The van der Waals surface area contributed by atoms with Crippen LogP contribution in [0.2, 0.25) is 4.34 Å². The third-order valence-corrected chi connectivity index (χ3v) is 3.33. The summed E-state index contributed by atoms with van der Waals surface area (Å²) < 4.78 is 0.646. The fourth-order valence-corrected chi connectivity index (χ4v) is 2.26. The minimum atomic E-state index is -0.427. The molecule has 0 aliphatic heterocycles. The third kappa shape index (κ3) is 3.95. The van der Waals surface area contributed by atoms with Crippen LogP contribution in [0.25, 0.3) is 0 Å². The summed E-state index contributed by atoms with van der Waals surface area (Å²) in [6, 6.07) is 0. The van der Waals surface area contributed by atoms with Crippen LogP contribution >= 0.6 is 22.9 Å². The van der Waals surface area contributed by atoms with Crippen molar-refractivity contribution in [1.82, 2.24) is 4.98 Å². The molecule has 0 saturated carbocycles. The van der Waals surface area contributed by atoms with Crippen molar-refractivity contribution in [2.75, 3.05) is 0 Å². The summed E-state index contributed by atoms with van der Waals surface area (Å²) >= 11 is 7.10. The van der Waals surface area contributed by atoms with E-state index in [0.29, 0.717) is 4.34 Å². The molecule has 0 fully saturated rings. The number of nitrogens with zero attached hydrogens (tertiary/aromatic N) is 1. The summed E-state index contributed by atoms with van der Waals surface area (Å²) in [7, 11) is 0. The number of aromatic nitrogens is 1. The van der Waals surface area contributed by atoms with E-state index >= 15 is 0 Å². The van der Waals surface area contributed by atoms with Gasteiger partial charge in [0.05, 0.1) is 6.20 Å². The molecule has 14 heavy (non-hydrogen) atoms. The second kappa shape index (κ2) is 6.38. The monoisotopic (exact) mass is 233 g/mol. The Kier molecular flexibility index (Phi) is 5.45. The van der Waals surface area contributed by atoms with Crippen molar-refractivity contribution in [2.45, 2.75) is 45.1 Å². The minimum absolute atomic E-state index is 0.427. The van der Waals surface area contributed by atoms with Crippen LogP contribution in [0.3, 0.4) is 0 Å². The molecule has 1 unspecified atom stereocenters. The van der Waals surface area contributed by atoms with Gasteiger partial charge in [0.25, 0.3) is 0 Å². The van der Waals surface area contributed by atoms with Gasteiger partial charge in [-0.25, -0.2) is 4.98 Å². The van der Waals surface area contributed by atoms with Crippen LogP contribution in [0.15, 0.2) is 6.20 Å². The van der Waals surface area contributed by atoms with E-state index in [2.05, 4.69) is 11.9 Å². The summed E-state index contributed by atoms with van der Waals surface area (Å²) in [5.41, 5.74) is 0. The average molecular weight is 234 g/mol. The molecule has 0 saturated heterocycles. The van der Waals surface area contributed by atoms with Gasteiger partial charge in [-0.1, -0.05) is 44.2 Å². The summed E-state index contributed by atoms with van der Waals surface area (Å²) in [5.74, 6) is 0. The maximum Gasteiger partial charge on any atom is 0.123 e. The van der Waals surface area contributed by atoms with E-state index in [1.54, 1.807) is 6.20 Å². The first-order chi connectivity index (χ1) is 6.74. The van der Waals surface area contributed by atoms with E-state index in [9.17, 15) is 5.11 Å². The summed E-state index contributed by atoms with van der Waals surface area (Å²) in [6.07, 6.45) is 6.67. The van der Waals surface area contributed by atoms with Gasteiger partial charge in [-0.3, -0.25) is 0 Å². The van der Waals surface area contributed by atoms with Crippen molar-refractivity contribution < 1.29 is 5.11 Å². The zero-order valence-corrected chi connectivity index (χ0v) is 9.94. The predicted octanol–water partition coefficient (Wildman–Crippen LogP) is 3.80. The standard InChI is InChI=1S/C10H16ClNOS/c1-2-3-4-5-6-8(13)10-12-7-9(11)14-10/h7-8,13H,2-6H2,1H3. The minimum Gasteiger partial charge on any atom is -0.386 e. The van der Waals surface area contributed by atoms with E-state index in [4.69, 9.17) is 11.6 Å². The van der Waals surface area contributed by atoms with Crippen LogP contribution < -0.4 is 0 Å². The van der Waals surface area contributed by atoms with E-state index in [1.165, 1.54) is 30.6 Å². The highest BCUT2D eigenvalue weighted by atomic mass is 35.5. The fourth-order valence-electron chi connectivity index (χ4n) is 1.31. The lowest BCUT2D eigenvalue weighted by Gasteiger charge is -2.05. The van der Waals surface area contributed by atoms with Crippen molar-refractivity contribution in [3.05, 3.63) is 15.5 Å². The third-order valence-electron chi connectivity index (χ3n) is 2.11. The van der Waals surface area contributed by atoms with Gasteiger partial charge in [-0.2, -0.15) is 0 Å². The van der Waals surface area contributed by atoms with Crippen molar-refractivity contribution in [2.24, 2.45) is 0 Å². The van der Waals surface area contributed by atoms with Crippen LogP contribution in [0.4, 0.5) is 0 Å². The maximum absolute atomic E-state index is 9.72. The highest BCUT2D eigenvalue weighted by Crippen LogP contribution is 2.26. The lowest BCUT2D eigenvalue weighted by molar-refractivity contribution is 0.163. The van der Waals surface area contributed by atoms with Gasteiger partial charge in [0.15, 0.2) is 0 Å². The SMILES string of the molecule is CCCCCCC(O)c1ncc(Cl)s1. The largest absolute Gasteiger partial charge is 0.386 e. The highest BCUT2D eigenvalue weighted by Gasteiger charge is 2.10. The molecule has 0 bridgehead atoms. The van der Waals surface area contributed by atoms with E-state index in [1.807, 2.05) is 0 Å². The maximum atomic E-state index is 9.72. The quantitative estimate of drug-likeness (QED) is 0.759. The van der Waals surface area contributed by atoms with Crippen LogP contribution in [0.5, 0.6) is 0 Å². The fraction of sp³-hybridized carbons (Fsp3) is 0.700. The number of unbranched alkanes of at least 4 members (excludes halogenated alkanes) is 3. The molecule has 1 heterocycles. The Balaban J connectivity index is 2.25. The first kappa shape index (κ1) is 12.0. The molecule has 2 nitrogen and oxygen atoms in total. The average Bonchev–Trinajstić information content (AvgIpc) is 2.59. The number of hydrogen-bond acceptors (Lipinski definition) is 3. The van der Waals surface area contributed by atoms with Gasteiger partial charge < -0.3 is 5.11 Å². The van der Waals surface area contributed by atoms with Crippen LogP contribution in [0.1, 0.15) is 50.1 Å². The first-order valence-electron chi connectivity index (χ1n) is 5.03. The van der Waals surface area contributed by atoms with Gasteiger partial charge in [0.2, 0.25) is 0 Å². The molecule has 0 amide bonds. The van der Waals surface area contributed by atoms with Gasteiger partial charge in [-0.05, 0) is 6.42 Å². The topological polar surface area (TPSA) is 33.1 Å². The molecular weight excluding hydrogens is 218 g/mol. The molecule has 1 aromatic rings. The summed E-state index contributed by atoms with van der Waals surface area (Å²) in [4.78, 5) is 4.05. The number of thiazole rings is 1. The van der Waals surface area contributed by atoms with Crippen molar-refractivity contribution in [3.63, 3.8) is 0 Å². The zero-order chi connectivity index (χ0) is 10.4. The second-order valence-electron chi connectivity index (χ2n) is 3.37. The number of aliphatic hydroxyl groups is 1. The first-order valence-corrected chi connectivity index (χ1v) is 6.22. The Bertz CT molecular complexity index is 264. The number of halogens is 1. The molecule has 1 N–H and O–H groups in total. The Morgan fingerprint density at radius 3 is 2.86 bits per heavy atom. The lowest BCUT2D eigenvalue weighted by atomic mass is 10.1. The molecule has 0 spiro atoms. The lowest BCUT2D eigenvalue weighted by Crippen LogP contribution is -1.96. The molecule has 0 radical (unpaired) electrons. The highest BCUT2D eigenvalue weighted by molar-refractivity contribution is 7.15. The smallest absolute Gasteiger partial charge is 0.123 e. The van der Waals surface area contributed by atoms with Crippen LogP contribution in [-0.2, 0) is 0 Å². The Morgan fingerprint density at radius 2 is 2.29 bits per heavy atom. The normalized spacial score (nSPS) is 13.1. The molecule has 80 valence electrons. The van der Waals surface area contributed by atoms with Crippen molar-refractivity contribution in [1.29, 1.82) is 0 Å². The molecule has 0 aliphatic carbocycles. The summed E-state index contributed by atoms with van der Waals surface area (Å²) in [5, 5.41) is 10.5. The van der Waals surface area contributed by atoms with Gasteiger partial charge >= 0.3 is 0 Å². The second-order valence-corrected chi connectivity index (χ2v) is 5.06. The van der Waals surface area contributed by atoms with Crippen molar-refractivity contribution in [3.8, 4) is 0 Å². The van der Waals surface area contributed by atoms with Crippen LogP contribution in [-0.4, -0.2) is 10.1 Å². The molecular formula is C10H16ClNOS. The Morgan fingerprint density at radius 1 is 1.50 bits per heavy atom. The number of rotatable bonds is 6. The molecule has 0 aliphatic rings. The number of aliphatic hydroxyl groups excluding tert-OH is 1. The molecule has 1 rings (SSSR count). The predicted molar refractivity (Wildman–Crippen MR) is 60.8 cm³/mol. The van der Waals surface area contributed by atoms with E-state index in [0.717, 1.165) is 17.8 Å². The van der Waals surface area contributed by atoms with Crippen LogP contribution in [0, 0.1) is 0 Å². The summed E-state index contributed by atoms with van der Waals surface area (Å²) in [6.45, 7) is 2.18. The zero-order valence-electron chi connectivity index (χ0n) is 8.37. The van der Waals surface area contributed by atoms with Gasteiger partial charge in [0.1, 0.15) is 15.4 Å². The van der Waals surface area contributed by atoms with E-state index in [-0.39, 0.29) is 0 Å². The molecule has 1 aromatic heterocycles. The van der Waals surface area contributed by atoms with Gasteiger partial charge in [-0.15, -0.1) is 11.3 Å². The Hall–Kier alpha value is -0.120. The Labute approximate surface area is 93.9 Å². The van der Waals surface area contributed by atoms with E-state index < -0.39 is 6.10 Å². The molecule has 0 aromatic carbocycles. The number of hydrogen-bond donors (Lipinski definition) is 1. The van der Waals surface area contributed by atoms with Crippen molar-refractivity contribution >= 4 is 22.9 Å². The van der Waals surface area contributed by atoms with Gasteiger partial charge in [0, 0.05) is 0 Å². The molecule has 1 atom stereocenters. The molecule has 4 heteroatoms.